The highest BCUT2D eigenvalue weighted by atomic mass is 16.2. The molecule has 1 aromatic heterocycles. The molecule has 0 bridgehead atoms. The van der Waals surface area contributed by atoms with Gasteiger partial charge in [-0.2, -0.15) is 0 Å². The number of ketones is 1. The minimum Gasteiger partial charge on any atom is -0.340 e. The molecule has 4 nitrogen and oxygen atoms in total. The second kappa shape index (κ2) is 7.85. The van der Waals surface area contributed by atoms with Crippen LogP contribution in [0, 0.1) is 34.6 Å². The van der Waals surface area contributed by atoms with E-state index in [1.165, 1.54) is 11.1 Å². The van der Waals surface area contributed by atoms with Crippen LogP contribution in [0.4, 0.5) is 5.69 Å². The Hall–Kier alpha value is -3.14. The summed E-state index contributed by atoms with van der Waals surface area (Å²) in [7, 11) is 0. The fourth-order valence-corrected chi connectivity index (χ4v) is 3.52. The maximum Gasteiger partial charge on any atom is 0.298 e. The SMILES string of the molecule is Cc1cc(C)c(NC(=O)C(=O)c2cccn2Cc2ccc(C)c(C)c2)c(C)c1. The molecule has 4 heteroatoms. The third kappa shape index (κ3) is 4.06. The van der Waals surface area contributed by atoms with E-state index in [4.69, 9.17) is 0 Å². The van der Waals surface area contributed by atoms with Crippen LogP contribution in [0.5, 0.6) is 0 Å². The molecule has 0 unspecified atom stereocenters. The molecule has 0 saturated carbocycles. The highest BCUT2D eigenvalue weighted by Crippen LogP contribution is 2.22. The Kier molecular flexibility index (Phi) is 5.50. The van der Waals surface area contributed by atoms with Crippen LogP contribution in [-0.4, -0.2) is 16.3 Å². The summed E-state index contributed by atoms with van der Waals surface area (Å²) in [5, 5.41) is 2.80. The van der Waals surface area contributed by atoms with Gasteiger partial charge in [0.25, 0.3) is 11.7 Å². The summed E-state index contributed by atoms with van der Waals surface area (Å²) in [4.78, 5) is 25.4. The Morgan fingerprint density at radius 1 is 0.857 bits per heavy atom. The summed E-state index contributed by atoms with van der Waals surface area (Å²) in [6.45, 7) is 10.6. The standard InChI is InChI=1S/C24H26N2O2/c1-15-11-18(4)22(19(5)12-15)25-24(28)23(27)21-7-6-10-26(21)14-20-9-8-16(2)17(3)13-20/h6-13H,14H2,1-5H3,(H,25,28). The number of anilines is 1. The van der Waals surface area contributed by atoms with Crippen LogP contribution in [0.15, 0.2) is 48.7 Å². The van der Waals surface area contributed by atoms with Gasteiger partial charge >= 0.3 is 0 Å². The Morgan fingerprint density at radius 2 is 1.54 bits per heavy atom. The van der Waals surface area contributed by atoms with Crippen LogP contribution < -0.4 is 5.32 Å². The van der Waals surface area contributed by atoms with Gasteiger partial charge in [-0.3, -0.25) is 9.59 Å². The number of carbonyl (C=O) groups excluding carboxylic acids is 2. The van der Waals surface area contributed by atoms with Crippen molar-refractivity contribution >= 4 is 17.4 Å². The van der Waals surface area contributed by atoms with Crippen molar-refractivity contribution in [3.05, 3.63) is 87.7 Å². The quantitative estimate of drug-likeness (QED) is 0.510. The molecule has 144 valence electrons. The van der Waals surface area contributed by atoms with Crippen molar-refractivity contribution < 1.29 is 9.59 Å². The van der Waals surface area contributed by atoms with Crippen LogP contribution in [0.1, 0.15) is 43.9 Å². The summed E-state index contributed by atoms with van der Waals surface area (Å²) in [5.41, 5.74) is 7.65. The largest absolute Gasteiger partial charge is 0.340 e. The maximum atomic E-state index is 12.8. The Balaban J connectivity index is 1.81. The molecule has 0 atom stereocenters. The van der Waals surface area contributed by atoms with Crippen molar-refractivity contribution in [3.8, 4) is 0 Å². The van der Waals surface area contributed by atoms with Crippen molar-refractivity contribution in [2.75, 3.05) is 5.32 Å². The number of hydrogen-bond acceptors (Lipinski definition) is 2. The van der Waals surface area contributed by atoms with Crippen LogP contribution >= 0.6 is 0 Å². The number of nitrogens with zero attached hydrogens (tertiary/aromatic N) is 1. The molecule has 0 aliphatic rings. The van der Waals surface area contributed by atoms with E-state index in [1.807, 2.05) is 43.7 Å². The molecule has 28 heavy (non-hydrogen) atoms. The Bertz CT molecular complexity index is 1040. The number of aryl methyl sites for hydroxylation is 5. The minimum absolute atomic E-state index is 0.387. The summed E-state index contributed by atoms with van der Waals surface area (Å²) in [5.74, 6) is -1.15. The predicted molar refractivity (Wildman–Crippen MR) is 113 cm³/mol. The average Bonchev–Trinajstić information content (AvgIpc) is 3.08. The molecule has 1 N–H and O–H groups in total. The number of rotatable bonds is 5. The molecule has 0 spiro atoms. The fraction of sp³-hybridized carbons (Fsp3) is 0.250. The van der Waals surface area contributed by atoms with Gasteiger partial charge < -0.3 is 9.88 Å². The lowest BCUT2D eigenvalue weighted by molar-refractivity contribution is -0.112. The topological polar surface area (TPSA) is 51.1 Å². The predicted octanol–water partition coefficient (Wildman–Crippen LogP) is 4.90. The molecule has 0 aliphatic carbocycles. The summed E-state index contributed by atoms with van der Waals surface area (Å²) in [6, 6.07) is 13.7. The normalized spacial score (nSPS) is 10.8. The molecular formula is C24H26N2O2. The van der Waals surface area contributed by atoms with Gasteiger partial charge in [0, 0.05) is 18.4 Å². The third-order valence-corrected chi connectivity index (χ3v) is 5.11. The van der Waals surface area contributed by atoms with Crippen LogP contribution in [0.3, 0.4) is 0 Å². The molecule has 1 amide bonds. The van der Waals surface area contributed by atoms with Gasteiger partial charge in [-0.15, -0.1) is 0 Å². The smallest absolute Gasteiger partial charge is 0.298 e. The van der Waals surface area contributed by atoms with E-state index in [0.29, 0.717) is 17.9 Å². The summed E-state index contributed by atoms with van der Waals surface area (Å²) >= 11 is 0. The highest BCUT2D eigenvalue weighted by Gasteiger charge is 2.21. The number of hydrogen-bond donors (Lipinski definition) is 1. The zero-order chi connectivity index (χ0) is 20.4. The molecule has 0 aliphatic heterocycles. The van der Waals surface area contributed by atoms with Gasteiger partial charge in [0.2, 0.25) is 0 Å². The van der Waals surface area contributed by atoms with Crippen molar-refractivity contribution in [2.45, 2.75) is 41.2 Å². The summed E-state index contributed by atoms with van der Waals surface area (Å²) in [6.07, 6.45) is 1.83. The summed E-state index contributed by atoms with van der Waals surface area (Å²) < 4.78 is 1.82. The number of carbonyl (C=O) groups is 2. The van der Waals surface area contributed by atoms with E-state index in [-0.39, 0.29) is 0 Å². The molecule has 3 aromatic rings. The molecular weight excluding hydrogens is 348 g/mol. The zero-order valence-electron chi connectivity index (χ0n) is 17.1. The second-order valence-electron chi connectivity index (χ2n) is 7.50. The first-order valence-electron chi connectivity index (χ1n) is 9.41. The lowest BCUT2D eigenvalue weighted by Crippen LogP contribution is -2.26. The first-order valence-corrected chi connectivity index (χ1v) is 9.41. The Labute approximate surface area is 166 Å². The van der Waals surface area contributed by atoms with E-state index in [1.54, 1.807) is 12.1 Å². The number of aromatic nitrogens is 1. The zero-order valence-corrected chi connectivity index (χ0v) is 17.1. The van der Waals surface area contributed by atoms with Crippen molar-refractivity contribution in [1.29, 1.82) is 0 Å². The fourth-order valence-electron chi connectivity index (χ4n) is 3.52. The van der Waals surface area contributed by atoms with E-state index in [9.17, 15) is 9.59 Å². The van der Waals surface area contributed by atoms with Gasteiger partial charge in [-0.1, -0.05) is 35.9 Å². The van der Waals surface area contributed by atoms with Crippen molar-refractivity contribution in [2.24, 2.45) is 0 Å². The number of benzene rings is 2. The monoisotopic (exact) mass is 374 g/mol. The van der Waals surface area contributed by atoms with E-state index >= 15 is 0 Å². The van der Waals surface area contributed by atoms with Gasteiger partial charge in [0.05, 0.1) is 5.69 Å². The van der Waals surface area contributed by atoms with E-state index in [2.05, 4.69) is 37.4 Å². The Morgan fingerprint density at radius 3 is 2.18 bits per heavy atom. The number of amides is 1. The number of nitrogens with one attached hydrogen (secondary N) is 1. The lowest BCUT2D eigenvalue weighted by Gasteiger charge is -2.13. The van der Waals surface area contributed by atoms with Crippen LogP contribution in [-0.2, 0) is 11.3 Å². The minimum atomic E-state index is -0.616. The average molecular weight is 374 g/mol. The molecule has 2 aromatic carbocycles. The van der Waals surface area contributed by atoms with Crippen LogP contribution in [0.25, 0.3) is 0 Å². The van der Waals surface area contributed by atoms with E-state index in [0.717, 1.165) is 22.3 Å². The van der Waals surface area contributed by atoms with Gasteiger partial charge in [-0.25, -0.2) is 0 Å². The second-order valence-corrected chi connectivity index (χ2v) is 7.50. The molecule has 0 radical (unpaired) electrons. The van der Waals surface area contributed by atoms with Gasteiger partial charge in [0.1, 0.15) is 0 Å². The number of Topliss-reactive ketones (excluding diaryl/α,β-unsaturated/α-hetero) is 1. The van der Waals surface area contributed by atoms with Crippen LogP contribution in [0.2, 0.25) is 0 Å². The maximum absolute atomic E-state index is 12.8. The third-order valence-electron chi connectivity index (χ3n) is 5.11. The van der Waals surface area contributed by atoms with Crippen molar-refractivity contribution in [3.63, 3.8) is 0 Å². The molecule has 0 saturated heterocycles. The first kappa shape index (κ1) is 19.6. The molecule has 0 fully saturated rings. The highest BCUT2D eigenvalue weighted by molar-refractivity contribution is 6.46. The van der Waals surface area contributed by atoms with Crippen molar-refractivity contribution in [1.82, 2.24) is 4.57 Å². The van der Waals surface area contributed by atoms with Gasteiger partial charge in [0.15, 0.2) is 0 Å². The molecule has 3 rings (SSSR count). The van der Waals surface area contributed by atoms with Gasteiger partial charge in [-0.05, 0) is 74.6 Å². The van der Waals surface area contributed by atoms with E-state index < -0.39 is 11.7 Å². The lowest BCUT2D eigenvalue weighted by atomic mass is 10.0. The first-order chi connectivity index (χ1) is 13.3. The molecule has 1 heterocycles.